The van der Waals surface area contributed by atoms with Crippen molar-refractivity contribution in [2.75, 3.05) is 4.90 Å². The van der Waals surface area contributed by atoms with E-state index in [4.69, 9.17) is 5.26 Å². The van der Waals surface area contributed by atoms with Crippen molar-refractivity contribution >= 4 is 45.0 Å². The van der Waals surface area contributed by atoms with Gasteiger partial charge in [0.25, 0.3) is 5.56 Å². The summed E-state index contributed by atoms with van der Waals surface area (Å²) in [6.45, 7) is 1.78. The van der Waals surface area contributed by atoms with Gasteiger partial charge >= 0.3 is 0 Å². The molecule has 0 bridgehead atoms. The fraction of sp³-hybridized carbons (Fsp3) is 0.368. The van der Waals surface area contributed by atoms with Crippen LogP contribution in [0.5, 0.6) is 0 Å². The predicted molar refractivity (Wildman–Crippen MR) is 112 cm³/mol. The Labute approximate surface area is 175 Å². The molecule has 0 atom stereocenters. The van der Waals surface area contributed by atoms with Crippen molar-refractivity contribution in [3.63, 3.8) is 0 Å². The SMILES string of the molecule is CCC(=O)N(c1nnc(SCc2nc3ccccc3c(=O)n2CC#N)s1)C1CC1. The van der Waals surface area contributed by atoms with Crippen LogP contribution in [0.3, 0.4) is 0 Å². The molecule has 3 aromatic rings. The lowest BCUT2D eigenvalue weighted by Gasteiger charge is -2.17. The molecule has 29 heavy (non-hydrogen) atoms. The molecule has 8 nitrogen and oxygen atoms in total. The van der Waals surface area contributed by atoms with Gasteiger partial charge in [0.1, 0.15) is 12.4 Å². The van der Waals surface area contributed by atoms with E-state index in [0.717, 1.165) is 12.8 Å². The summed E-state index contributed by atoms with van der Waals surface area (Å²) in [7, 11) is 0. The molecular formula is C19H18N6O2S2. The predicted octanol–water partition coefficient (Wildman–Crippen LogP) is 2.97. The molecule has 2 aromatic heterocycles. The van der Waals surface area contributed by atoms with Crippen LogP contribution < -0.4 is 10.5 Å². The normalized spacial score (nSPS) is 13.4. The van der Waals surface area contributed by atoms with Crippen LogP contribution in [0.2, 0.25) is 0 Å². The molecule has 1 aliphatic rings. The van der Waals surface area contributed by atoms with Crippen molar-refractivity contribution < 1.29 is 4.79 Å². The van der Waals surface area contributed by atoms with Crippen molar-refractivity contribution in [3.05, 3.63) is 40.4 Å². The van der Waals surface area contributed by atoms with Crippen LogP contribution in [0.4, 0.5) is 5.13 Å². The Kier molecular flexibility index (Phi) is 5.60. The zero-order valence-electron chi connectivity index (χ0n) is 15.7. The Morgan fingerprint density at radius 2 is 2.17 bits per heavy atom. The minimum atomic E-state index is -0.223. The number of carbonyl (C=O) groups excluding carboxylic acids is 1. The van der Waals surface area contributed by atoms with Crippen molar-refractivity contribution in [1.82, 2.24) is 19.7 Å². The van der Waals surface area contributed by atoms with E-state index in [1.165, 1.54) is 27.7 Å². The topological polar surface area (TPSA) is 105 Å². The number of nitriles is 1. The average Bonchev–Trinajstić information content (AvgIpc) is 3.46. The molecule has 0 saturated heterocycles. The Balaban J connectivity index is 1.58. The monoisotopic (exact) mass is 426 g/mol. The maximum atomic E-state index is 12.7. The molecule has 0 aliphatic heterocycles. The number of rotatable bonds is 7. The molecule has 0 radical (unpaired) electrons. The summed E-state index contributed by atoms with van der Waals surface area (Å²) >= 11 is 2.76. The lowest BCUT2D eigenvalue weighted by Crippen LogP contribution is -2.32. The van der Waals surface area contributed by atoms with E-state index in [0.29, 0.717) is 38.4 Å². The van der Waals surface area contributed by atoms with Crippen LogP contribution in [0.25, 0.3) is 10.9 Å². The van der Waals surface area contributed by atoms with Gasteiger partial charge in [-0.15, -0.1) is 10.2 Å². The Bertz CT molecular complexity index is 1160. The molecular weight excluding hydrogens is 408 g/mol. The first kappa shape index (κ1) is 19.5. The number of amides is 1. The minimum Gasteiger partial charge on any atom is -0.284 e. The molecule has 1 aromatic carbocycles. The van der Waals surface area contributed by atoms with Crippen molar-refractivity contribution in [2.45, 2.75) is 48.9 Å². The minimum absolute atomic E-state index is 0.0549. The second-order valence-electron chi connectivity index (χ2n) is 6.58. The standard InChI is InChI=1S/C19H18N6O2S2/c1-2-16(26)25(12-7-8-12)18-22-23-19(29-18)28-11-15-21-14-6-4-3-5-13(14)17(27)24(15)10-9-20/h3-6,12H,2,7-8,10-11H2,1H3. The smallest absolute Gasteiger partial charge is 0.262 e. The van der Waals surface area contributed by atoms with Crippen LogP contribution in [-0.2, 0) is 17.1 Å². The second kappa shape index (κ2) is 8.31. The third kappa shape index (κ3) is 4.02. The highest BCUT2D eigenvalue weighted by Crippen LogP contribution is 2.36. The molecule has 1 fully saturated rings. The van der Waals surface area contributed by atoms with E-state index < -0.39 is 0 Å². The molecule has 0 unspecified atom stereocenters. The van der Waals surface area contributed by atoms with Gasteiger partial charge in [-0.25, -0.2) is 4.98 Å². The first-order chi connectivity index (χ1) is 14.1. The van der Waals surface area contributed by atoms with Crippen LogP contribution in [0, 0.1) is 11.3 Å². The molecule has 0 N–H and O–H groups in total. The number of nitrogens with zero attached hydrogens (tertiary/aromatic N) is 6. The van der Waals surface area contributed by atoms with Gasteiger partial charge in [0.15, 0.2) is 4.34 Å². The molecule has 10 heteroatoms. The molecule has 1 saturated carbocycles. The zero-order valence-corrected chi connectivity index (χ0v) is 17.4. The fourth-order valence-corrected chi connectivity index (χ4v) is 4.89. The first-order valence-corrected chi connectivity index (χ1v) is 11.1. The highest BCUT2D eigenvalue weighted by atomic mass is 32.2. The van der Waals surface area contributed by atoms with E-state index in [1.807, 2.05) is 19.1 Å². The third-order valence-electron chi connectivity index (χ3n) is 4.58. The van der Waals surface area contributed by atoms with E-state index in [9.17, 15) is 9.59 Å². The second-order valence-corrected chi connectivity index (χ2v) is 8.76. The number of hydrogen-bond acceptors (Lipinski definition) is 8. The van der Waals surface area contributed by atoms with E-state index >= 15 is 0 Å². The van der Waals surface area contributed by atoms with Gasteiger partial charge in [0.2, 0.25) is 11.0 Å². The number of benzene rings is 1. The van der Waals surface area contributed by atoms with E-state index in [1.54, 1.807) is 23.1 Å². The van der Waals surface area contributed by atoms with E-state index in [2.05, 4.69) is 15.2 Å². The Morgan fingerprint density at radius 3 is 2.90 bits per heavy atom. The highest BCUT2D eigenvalue weighted by molar-refractivity contribution is 8.00. The summed E-state index contributed by atoms with van der Waals surface area (Å²) in [6, 6.07) is 9.37. The molecule has 0 spiro atoms. The molecule has 2 heterocycles. The number of fused-ring (bicyclic) bond motifs is 1. The van der Waals surface area contributed by atoms with Crippen molar-refractivity contribution in [1.29, 1.82) is 5.26 Å². The molecule has 1 aliphatic carbocycles. The summed E-state index contributed by atoms with van der Waals surface area (Å²) in [5, 5.41) is 18.6. The highest BCUT2D eigenvalue weighted by Gasteiger charge is 2.35. The van der Waals surface area contributed by atoms with Crippen LogP contribution in [0.15, 0.2) is 33.4 Å². The first-order valence-electron chi connectivity index (χ1n) is 9.26. The quantitative estimate of drug-likeness (QED) is 0.422. The Morgan fingerprint density at radius 1 is 1.38 bits per heavy atom. The van der Waals surface area contributed by atoms with Gasteiger partial charge in [0.05, 0.1) is 22.7 Å². The number of anilines is 1. The lowest BCUT2D eigenvalue weighted by atomic mass is 10.2. The molecule has 4 rings (SSSR count). The van der Waals surface area contributed by atoms with Gasteiger partial charge in [-0.05, 0) is 25.0 Å². The van der Waals surface area contributed by atoms with Crippen molar-refractivity contribution in [2.24, 2.45) is 0 Å². The maximum absolute atomic E-state index is 12.7. The zero-order chi connectivity index (χ0) is 20.4. The van der Waals surface area contributed by atoms with Gasteiger partial charge in [0, 0.05) is 12.5 Å². The van der Waals surface area contributed by atoms with Gasteiger partial charge in [-0.3, -0.25) is 19.1 Å². The maximum Gasteiger partial charge on any atom is 0.262 e. The molecule has 1 amide bonds. The Hall–Kier alpha value is -2.77. The number of hydrogen-bond donors (Lipinski definition) is 0. The summed E-state index contributed by atoms with van der Waals surface area (Å²) in [4.78, 5) is 31.3. The largest absolute Gasteiger partial charge is 0.284 e. The van der Waals surface area contributed by atoms with Crippen LogP contribution >= 0.6 is 23.1 Å². The van der Waals surface area contributed by atoms with Crippen LogP contribution in [0.1, 0.15) is 32.0 Å². The summed E-state index contributed by atoms with van der Waals surface area (Å²) in [5.74, 6) is 0.946. The van der Waals surface area contributed by atoms with Gasteiger partial charge in [-0.2, -0.15) is 5.26 Å². The number of thioether (sulfide) groups is 1. The summed E-state index contributed by atoms with van der Waals surface area (Å²) in [6.07, 6.45) is 2.42. The van der Waals surface area contributed by atoms with Gasteiger partial charge in [-0.1, -0.05) is 42.2 Å². The molecule has 148 valence electrons. The average molecular weight is 427 g/mol. The van der Waals surface area contributed by atoms with Gasteiger partial charge < -0.3 is 0 Å². The number of aromatic nitrogens is 4. The van der Waals surface area contributed by atoms with E-state index in [-0.39, 0.29) is 24.1 Å². The lowest BCUT2D eigenvalue weighted by molar-refractivity contribution is -0.118. The summed E-state index contributed by atoms with van der Waals surface area (Å²) in [5.41, 5.74) is 0.382. The fourth-order valence-electron chi connectivity index (χ4n) is 3.01. The van der Waals surface area contributed by atoms with Crippen LogP contribution in [-0.4, -0.2) is 31.7 Å². The number of carbonyl (C=O) groups is 1. The third-order valence-corrected chi connectivity index (χ3v) is 6.63. The van der Waals surface area contributed by atoms with Crippen molar-refractivity contribution in [3.8, 4) is 6.07 Å². The summed E-state index contributed by atoms with van der Waals surface area (Å²) < 4.78 is 2.09. The number of para-hydroxylation sites is 1.